The molecule has 1 aromatic rings. The standard InChI is InChI=1S/C7H9ClFNS/c1-7(2,3)6-10-4(8)5(9)11-6/h1-3H3. The molecule has 1 nitrogen and oxygen atoms in total. The second-order valence-electron chi connectivity index (χ2n) is 3.33. The summed E-state index contributed by atoms with van der Waals surface area (Å²) in [5, 5.41) is 0.330. The van der Waals surface area contributed by atoms with Gasteiger partial charge in [-0.3, -0.25) is 0 Å². The van der Waals surface area contributed by atoms with E-state index >= 15 is 0 Å². The Hall–Kier alpha value is -0.150. The Kier molecular flexibility index (Phi) is 2.21. The molecule has 62 valence electrons. The first kappa shape index (κ1) is 8.94. The molecule has 11 heavy (non-hydrogen) atoms. The van der Waals surface area contributed by atoms with Gasteiger partial charge in [-0.25, -0.2) is 4.98 Å². The van der Waals surface area contributed by atoms with Gasteiger partial charge in [-0.05, 0) is 0 Å². The molecule has 0 aromatic carbocycles. The molecule has 0 saturated heterocycles. The van der Waals surface area contributed by atoms with E-state index in [-0.39, 0.29) is 10.6 Å². The minimum absolute atomic E-state index is 0.0140. The third-order valence-corrected chi connectivity index (χ3v) is 2.82. The van der Waals surface area contributed by atoms with Gasteiger partial charge in [0, 0.05) is 5.41 Å². The van der Waals surface area contributed by atoms with Crippen LogP contribution >= 0.6 is 22.9 Å². The smallest absolute Gasteiger partial charge is 0.215 e. The van der Waals surface area contributed by atoms with E-state index < -0.39 is 5.13 Å². The zero-order valence-electron chi connectivity index (χ0n) is 6.61. The van der Waals surface area contributed by atoms with E-state index in [0.29, 0.717) is 0 Å². The normalized spacial score (nSPS) is 12.1. The molecule has 0 N–H and O–H groups in total. The van der Waals surface area contributed by atoms with Crippen LogP contribution in [0.15, 0.2) is 0 Å². The Labute approximate surface area is 74.2 Å². The van der Waals surface area contributed by atoms with Gasteiger partial charge in [0.05, 0.1) is 0 Å². The molecule has 0 amide bonds. The van der Waals surface area contributed by atoms with Crippen molar-refractivity contribution in [1.29, 1.82) is 0 Å². The van der Waals surface area contributed by atoms with Gasteiger partial charge in [-0.15, -0.1) is 0 Å². The van der Waals surface area contributed by atoms with Crippen LogP contribution in [0.25, 0.3) is 0 Å². The summed E-state index contributed by atoms with van der Waals surface area (Å²) in [5.41, 5.74) is -0.112. The molecule has 0 spiro atoms. The molecular formula is C7H9ClFNS. The van der Waals surface area contributed by atoms with Crippen molar-refractivity contribution in [3.05, 3.63) is 15.3 Å². The lowest BCUT2D eigenvalue weighted by Crippen LogP contribution is -2.09. The number of rotatable bonds is 0. The molecule has 1 heterocycles. The summed E-state index contributed by atoms with van der Waals surface area (Å²) < 4.78 is 12.7. The third kappa shape index (κ3) is 1.91. The highest BCUT2D eigenvalue weighted by Gasteiger charge is 2.20. The largest absolute Gasteiger partial charge is 0.226 e. The molecule has 0 radical (unpaired) electrons. The van der Waals surface area contributed by atoms with E-state index in [2.05, 4.69) is 4.98 Å². The Morgan fingerprint density at radius 1 is 1.45 bits per heavy atom. The highest BCUT2D eigenvalue weighted by atomic mass is 35.5. The SMILES string of the molecule is CC(C)(C)c1nc(Cl)c(F)s1. The second-order valence-corrected chi connectivity index (χ2v) is 4.64. The summed E-state index contributed by atoms with van der Waals surface area (Å²) in [6, 6.07) is 0. The molecule has 0 aliphatic heterocycles. The quantitative estimate of drug-likeness (QED) is 0.617. The Bertz CT molecular complexity index is 244. The first-order chi connectivity index (χ1) is 4.91. The minimum atomic E-state index is -0.392. The van der Waals surface area contributed by atoms with Crippen LogP contribution in [-0.4, -0.2) is 4.98 Å². The lowest BCUT2D eigenvalue weighted by Gasteiger charge is -2.12. The van der Waals surface area contributed by atoms with E-state index in [9.17, 15) is 4.39 Å². The molecule has 0 unspecified atom stereocenters. The summed E-state index contributed by atoms with van der Waals surface area (Å²) in [6.07, 6.45) is 0. The van der Waals surface area contributed by atoms with Crippen LogP contribution in [0.1, 0.15) is 25.8 Å². The van der Waals surface area contributed by atoms with Crippen LogP contribution in [0.3, 0.4) is 0 Å². The first-order valence-electron chi connectivity index (χ1n) is 3.23. The molecule has 4 heteroatoms. The van der Waals surface area contributed by atoms with E-state index in [0.717, 1.165) is 16.3 Å². The lowest BCUT2D eigenvalue weighted by atomic mass is 9.98. The van der Waals surface area contributed by atoms with Crippen LogP contribution in [0.5, 0.6) is 0 Å². The molecule has 0 fully saturated rings. The van der Waals surface area contributed by atoms with Crippen LogP contribution < -0.4 is 0 Å². The number of thiazole rings is 1. The van der Waals surface area contributed by atoms with Gasteiger partial charge in [-0.2, -0.15) is 4.39 Å². The molecule has 0 aliphatic carbocycles. The van der Waals surface area contributed by atoms with Crippen molar-refractivity contribution in [1.82, 2.24) is 4.98 Å². The van der Waals surface area contributed by atoms with E-state index in [1.54, 1.807) is 0 Å². The predicted molar refractivity (Wildman–Crippen MR) is 45.8 cm³/mol. The van der Waals surface area contributed by atoms with Gasteiger partial charge in [0.1, 0.15) is 5.01 Å². The summed E-state index contributed by atoms with van der Waals surface area (Å²) in [4.78, 5) is 3.89. The van der Waals surface area contributed by atoms with Crippen LogP contribution in [0, 0.1) is 5.13 Å². The number of nitrogens with zero attached hydrogens (tertiary/aromatic N) is 1. The van der Waals surface area contributed by atoms with Gasteiger partial charge in [0.25, 0.3) is 0 Å². The zero-order valence-corrected chi connectivity index (χ0v) is 8.18. The fourth-order valence-electron chi connectivity index (χ4n) is 0.604. The van der Waals surface area contributed by atoms with Gasteiger partial charge >= 0.3 is 0 Å². The monoisotopic (exact) mass is 193 g/mol. The summed E-state index contributed by atoms with van der Waals surface area (Å²) in [5.74, 6) is 0. The van der Waals surface area contributed by atoms with Gasteiger partial charge in [0.15, 0.2) is 5.15 Å². The predicted octanol–water partition coefficient (Wildman–Crippen LogP) is 3.23. The van der Waals surface area contributed by atoms with E-state index in [4.69, 9.17) is 11.6 Å². The number of aromatic nitrogens is 1. The second kappa shape index (κ2) is 2.72. The maximum absolute atomic E-state index is 12.7. The minimum Gasteiger partial charge on any atom is -0.226 e. The number of hydrogen-bond acceptors (Lipinski definition) is 2. The lowest BCUT2D eigenvalue weighted by molar-refractivity contribution is 0.585. The summed E-state index contributed by atoms with van der Waals surface area (Å²) in [7, 11) is 0. The van der Waals surface area contributed by atoms with Crippen molar-refractivity contribution in [3.63, 3.8) is 0 Å². The Balaban J connectivity index is 3.08. The fourth-order valence-corrected chi connectivity index (χ4v) is 1.60. The molecule has 0 saturated carbocycles. The maximum Gasteiger partial charge on any atom is 0.215 e. The molecule has 0 aliphatic rings. The number of hydrogen-bond donors (Lipinski definition) is 0. The zero-order chi connectivity index (χ0) is 8.65. The highest BCUT2D eigenvalue weighted by Crippen LogP contribution is 2.30. The molecular weight excluding hydrogens is 185 g/mol. The molecule has 1 rings (SSSR count). The summed E-state index contributed by atoms with van der Waals surface area (Å²) in [6.45, 7) is 5.92. The highest BCUT2D eigenvalue weighted by molar-refractivity contribution is 7.10. The van der Waals surface area contributed by atoms with Crippen molar-refractivity contribution < 1.29 is 4.39 Å². The van der Waals surface area contributed by atoms with Crippen molar-refractivity contribution in [2.75, 3.05) is 0 Å². The average molecular weight is 194 g/mol. The van der Waals surface area contributed by atoms with Crippen molar-refractivity contribution >= 4 is 22.9 Å². The molecule has 0 atom stereocenters. The molecule has 1 aromatic heterocycles. The maximum atomic E-state index is 12.7. The van der Waals surface area contributed by atoms with Crippen LogP contribution in [0.4, 0.5) is 4.39 Å². The number of halogens is 2. The van der Waals surface area contributed by atoms with Gasteiger partial charge in [0.2, 0.25) is 5.13 Å². The van der Waals surface area contributed by atoms with Crippen LogP contribution in [-0.2, 0) is 5.41 Å². The first-order valence-corrected chi connectivity index (χ1v) is 4.43. The van der Waals surface area contributed by atoms with Gasteiger partial charge in [-0.1, -0.05) is 43.7 Å². The Morgan fingerprint density at radius 3 is 2.18 bits per heavy atom. The van der Waals surface area contributed by atoms with Crippen molar-refractivity contribution in [2.24, 2.45) is 0 Å². The van der Waals surface area contributed by atoms with E-state index in [1.807, 2.05) is 20.8 Å². The van der Waals surface area contributed by atoms with Gasteiger partial charge < -0.3 is 0 Å². The third-order valence-electron chi connectivity index (χ3n) is 1.19. The van der Waals surface area contributed by atoms with Crippen LogP contribution in [0.2, 0.25) is 5.15 Å². The Morgan fingerprint density at radius 2 is 2.00 bits per heavy atom. The summed E-state index contributed by atoms with van der Waals surface area (Å²) >= 11 is 6.47. The van der Waals surface area contributed by atoms with Crippen molar-refractivity contribution in [3.8, 4) is 0 Å². The van der Waals surface area contributed by atoms with E-state index in [1.165, 1.54) is 0 Å². The molecule has 0 bridgehead atoms. The topological polar surface area (TPSA) is 12.9 Å². The fraction of sp³-hybridized carbons (Fsp3) is 0.571. The average Bonchev–Trinajstić information content (AvgIpc) is 2.11. The van der Waals surface area contributed by atoms with Crippen molar-refractivity contribution in [2.45, 2.75) is 26.2 Å².